The van der Waals surface area contributed by atoms with Crippen LogP contribution in [0.4, 0.5) is 10.5 Å². The Morgan fingerprint density at radius 1 is 1.14 bits per heavy atom. The molecular formula is C17H24N2O2. The van der Waals surface area contributed by atoms with Crippen molar-refractivity contribution in [3.8, 4) is 0 Å². The average Bonchev–Trinajstić information content (AvgIpc) is 2.70. The van der Waals surface area contributed by atoms with Gasteiger partial charge in [-0.25, -0.2) is 9.69 Å². The lowest BCUT2D eigenvalue weighted by molar-refractivity contribution is -0.122. The van der Waals surface area contributed by atoms with E-state index < -0.39 is 5.54 Å². The molecule has 0 saturated carbocycles. The number of carbonyl (C=O) groups is 2. The Morgan fingerprint density at radius 3 is 2.38 bits per heavy atom. The van der Waals surface area contributed by atoms with Crippen LogP contribution < -0.4 is 10.2 Å². The first-order valence-electron chi connectivity index (χ1n) is 7.72. The minimum atomic E-state index is -0.730. The van der Waals surface area contributed by atoms with Crippen LogP contribution in [0.1, 0.15) is 46.5 Å². The first kappa shape index (κ1) is 15.5. The highest BCUT2D eigenvalue weighted by Gasteiger charge is 2.50. The molecular weight excluding hydrogens is 264 g/mol. The third-order valence-electron chi connectivity index (χ3n) is 4.00. The number of urea groups is 1. The molecule has 1 heterocycles. The van der Waals surface area contributed by atoms with Crippen LogP contribution >= 0.6 is 0 Å². The Kier molecular flexibility index (Phi) is 4.66. The SMILES string of the molecule is CCCC1(CCC(C)C)NC(=O)N(c2ccccc2)C1=O. The summed E-state index contributed by atoms with van der Waals surface area (Å²) in [6, 6.07) is 8.83. The Balaban J connectivity index is 2.28. The third-order valence-corrected chi connectivity index (χ3v) is 4.00. The summed E-state index contributed by atoms with van der Waals surface area (Å²) in [5, 5.41) is 2.96. The molecule has 4 heteroatoms. The first-order valence-corrected chi connectivity index (χ1v) is 7.72. The minimum absolute atomic E-state index is 0.110. The zero-order valence-electron chi connectivity index (χ0n) is 13.1. The van der Waals surface area contributed by atoms with Gasteiger partial charge in [-0.2, -0.15) is 0 Å². The second-order valence-corrected chi connectivity index (χ2v) is 6.17. The van der Waals surface area contributed by atoms with Gasteiger partial charge >= 0.3 is 6.03 Å². The van der Waals surface area contributed by atoms with Crippen LogP contribution in [0.5, 0.6) is 0 Å². The largest absolute Gasteiger partial charge is 0.329 e. The van der Waals surface area contributed by atoms with Crippen LogP contribution in [-0.2, 0) is 4.79 Å². The molecule has 1 fully saturated rings. The van der Waals surface area contributed by atoms with E-state index in [0.717, 1.165) is 12.8 Å². The van der Waals surface area contributed by atoms with Gasteiger partial charge in [-0.3, -0.25) is 4.79 Å². The second-order valence-electron chi connectivity index (χ2n) is 6.17. The monoisotopic (exact) mass is 288 g/mol. The number of amides is 3. The summed E-state index contributed by atoms with van der Waals surface area (Å²) in [6.07, 6.45) is 3.18. The molecule has 0 aromatic heterocycles. The zero-order chi connectivity index (χ0) is 15.5. The fraction of sp³-hybridized carbons (Fsp3) is 0.529. The van der Waals surface area contributed by atoms with Crippen molar-refractivity contribution in [3.63, 3.8) is 0 Å². The Labute approximate surface area is 126 Å². The van der Waals surface area contributed by atoms with Gasteiger partial charge in [-0.1, -0.05) is 45.4 Å². The van der Waals surface area contributed by atoms with E-state index in [1.807, 2.05) is 25.1 Å². The van der Waals surface area contributed by atoms with E-state index in [1.54, 1.807) is 12.1 Å². The van der Waals surface area contributed by atoms with E-state index >= 15 is 0 Å². The smallest absolute Gasteiger partial charge is 0.323 e. The number of para-hydroxylation sites is 1. The van der Waals surface area contributed by atoms with Gasteiger partial charge in [-0.05, 0) is 37.3 Å². The molecule has 1 aromatic carbocycles. The molecule has 1 unspecified atom stereocenters. The lowest BCUT2D eigenvalue weighted by atomic mass is 9.86. The quantitative estimate of drug-likeness (QED) is 0.811. The van der Waals surface area contributed by atoms with Crippen molar-refractivity contribution in [2.75, 3.05) is 4.90 Å². The van der Waals surface area contributed by atoms with Gasteiger partial charge in [0.1, 0.15) is 5.54 Å². The van der Waals surface area contributed by atoms with E-state index in [1.165, 1.54) is 4.90 Å². The first-order chi connectivity index (χ1) is 10.00. The van der Waals surface area contributed by atoms with Crippen molar-refractivity contribution in [3.05, 3.63) is 30.3 Å². The number of hydrogen-bond acceptors (Lipinski definition) is 2. The summed E-state index contributed by atoms with van der Waals surface area (Å²) in [5.74, 6) is 0.399. The van der Waals surface area contributed by atoms with Gasteiger partial charge in [0.25, 0.3) is 5.91 Å². The lowest BCUT2D eigenvalue weighted by Crippen LogP contribution is -2.47. The van der Waals surface area contributed by atoms with Crippen LogP contribution in [0, 0.1) is 5.92 Å². The average molecular weight is 288 g/mol. The number of hydrogen-bond donors (Lipinski definition) is 1. The van der Waals surface area contributed by atoms with Crippen molar-refractivity contribution >= 4 is 17.6 Å². The van der Waals surface area contributed by atoms with Crippen molar-refractivity contribution in [1.82, 2.24) is 5.32 Å². The van der Waals surface area contributed by atoms with Crippen molar-refractivity contribution in [2.24, 2.45) is 5.92 Å². The molecule has 3 amide bonds. The summed E-state index contributed by atoms with van der Waals surface area (Å²) in [7, 11) is 0. The highest BCUT2D eigenvalue weighted by molar-refractivity contribution is 6.23. The minimum Gasteiger partial charge on any atom is -0.323 e. The van der Waals surface area contributed by atoms with Crippen LogP contribution in [0.2, 0.25) is 0 Å². The third kappa shape index (κ3) is 3.09. The number of imide groups is 1. The lowest BCUT2D eigenvalue weighted by Gasteiger charge is -2.27. The number of anilines is 1. The molecule has 114 valence electrons. The predicted octanol–water partition coefficient (Wildman–Crippen LogP) is 3.72. The molecule has 4 nitrogen and oxygen atoms in total. The Bertz CT molecular complexity index is 513. The van der Waals surface area contributed by atoms with Crippen LogP contribution in [0.15, 0.2) is 30.3 Å². The van der Waals surface area contributed by atoms with E-state index in [4.69, 9.17) is 0 Å². The van der Waals surface area contributed by atoms with Gasteiger partial charge in [0.15, 0.2) is 0 Å². The van der Waals surface area contributed by atoms with E-state index in [-0.39, 0.29) is 11.9 Å². The van der Waals surface area contributed by atoms with Crippen molar-refractivity contribution < 1.29 is 9.59 Å². The molecule has 21 heavy (non-hydrogen) atoms. The summed E-state index contributed by atoms with van der Waals surface area (Å²) >= 11 is 0. The maximum absolute atomic E-state index is 12.9. The highest BCUT2D eigenvalue weighted by atomic mass is 16.2. The van der Waals surface area contributed by atoms with Crippen LogP contribution in [-0.4, -0.2) is 17.5 Å². The normalized spacial score (nSPS) is 22.0. The van der Waals surface area contributed by atoms with Gasteiger partial charge in [0.05, 0.1) is 5.69 Å². The van der Waals surface area contributed by atoms with E-state index in [0.29, 0.717) is 24.4 Å². The van der Waals surface area contributed by atoms with Gasteiger partial charge < -0.3 is 5.32 Å². The van der Waals surface area contributed by atoms with Gasteiger partial charge in [0.2, 0.25) is 0 Å². The molecule has 1 aliphatic heterocycles. The highest BCUT2D eigenvalue weighted by Crippen LogP contribution is 2.32. The molecule has 1 atom stereocenters. The van der Waals surface area contributed by atoms with E-state index in [2.05, 4.69) is 19.2 Å². The molecule has 0 radical (unpaired) electrons. The van der Waals surface area contributed by atoms with Crippen molar-refractivity contribution in [1.29, 1.82) is 0 Å². The number of rotatable bonds is 6. The fourth-order valence-electron chi connectivity index (χ4n) is 2.86. The summed E-state index contributed by atoms with van der Waals surface area (Å²) in [5.41, 5.74) is -0.0890. The molecule has 1 aliphatic rings. The maximum atomic E-state index is 12.9. The molecule has 1 aromatic rings. The van der Waals surface area contributed by atoms with Gasteiger partial charge in [-0.15, -0.1) is 0 Å². The predicted molar refractivity (Wildman–Crippen MR) is 84.2 cm³/mol. The zero-order valence-corrected chi connectivity index (χ0v) is 13.1. The molecule has 2 rings (SSSR count). The Hall–Kier alpha value is -1.84. The fourth-order valence-corrected chi connectivity index (χ4v) is 2.86. The number of nitrogens with one attached hydrogen (secondary N) is 1. The van der Waals surface area contributed by atoms with Crippen LogP contribution in [0.25, 0.3) is 0 Å². The number of nitrogens with zero attached hydrogens (tertiary/aromatic N) is 1. The maximum Gasteiger partial charge on any atom is 0.329 e. The molecule has 0 spiro atoms. The summed E-state index contributed by atoms with van der Waals surface area (Å²) in [6.45, 7) is 6.31. The van der Waals surface area contributed by atoms with Gasteiger partial charge in [0, 0.05) is 0 Å². The molecule has 0 aliphatic carbocycles. The summed E-state index contributed by atoms with van der Waals surface area (Å²) in [4.78, 5) is 26.5. The number of carbonyl (C=O) groups excluding carboxylic acids is 2. The molecule has 1 N–H and O–H groups in total. The molecule has 1 saturated heterocycles. The topological polar surface area (TPSA) is 49.4 Å². The summed E-state index contributed by atoms with van der Waals surface area (Å²) < 4.78 is 0. The van der Waals surface area contributed by atoms with Crippen molar-refractivity contribution in [2.45, 2.75) is 52.0 Å². The standard InChI is InChI=1S/C17H24N2O2/c1-4-11-17(12-10-13(2)3)15(20)19(16(21)18-17)14-8-6-5-7-9-14/h5-9,13H,4,10-12H2,1-3H3,(H,18,21). The second kappa shape index (κ2) is 6.29. The Morgan fingerprint density at radius 2 is 1.81 bits per heavy atom. The van der Waals surface area contributed by atoms with Crippen LogP contribution in [0.3, 0.4) is 0 Å². The number of benzene rings is 1. The van der Waals surface area contributed by atoms with E-state index in [9.17, 15) is 9.59 Å². The molecule has 0 bridgehead atoms.